The van der Waals surface area contributed by atoms with E-state index in [9.17, 15) is 4.79 Å². The van der Waals surface area contributed by atoms with Crippen LogP contribution in [0, 0.1) is 0 Å². The summed E-state index contributed by atoms with van der Waals surface area (Å²) in [4.78, 5) is 11.7. The first-order valence-corrected chi connectivity index (χ1v) is 7.66. The maximum Gasteiger partial charge on any atom is 0.408 e. The summed E-state index contributed by atoms with van der Waals surface area (Å²) < 4.78 is 5.26. The second-order valence-corrected chi connectivity index (χ2v) is 7.60. The molecule has 5 heteroatoms. The first kappa shape index (κ1) is 15.6. The van der Waals surface area contributed by atoms with Gasteiger partial charge in [0.25, 0.3) is 0 Å². The van der Waals surface area contributed by atoms with Gasteiger partial charge in [-0.3, -0.25) is 0 Å². The topological polar surface area (TPSA) is 50.4 Å². The molecule has 1 unspecified atom stereocenters. The molecule has 1 aliphatic heterocycles. The van der Waals surface area contributed by atoms with Crippen LogP contribution >= 0.6 is 11.8 Å². The van der Waals surface area contributed by atoms with Crippen molar-refractivity contribution >= 4 is 17.9 Å². The predicted octanol–water partition coefficient (Wildman–Crippen LogP) is 2.38. The van der Waals surface area contributed by atoms with Gasteiger partial charge in [0.05, 0.1) is 5.54 Å². The molecule has 1 heterocycles. The van der Waals surface area contributed by atoms with Crippen LogP contribution in [0.25, 0.3) is 0 Å². The SMILES string of the molecule is CC(C)(CNC1CCSC1)NC(=O)OC(C)(C)C. The maximum absolute atomic E-state index is 11.7. The summed E-state index contributed by atoms with van der Waals surface area (Å²) >= 11 is 1.98. The molecule has 0 radical (unpaired) electrons. The number of carbonyl (C=O) groups is 1. The van der Waals surface area contributed by atoms with Crippen molar-refractivity contribution in [2.24, 2.45) is 0 Å². The lowest BCUT2D eigenvalue weighted by Crippen LogP contribution is -2.53. The number of thioether (sulfide) groups is 1. The minimum atomic E-state index is -0.449. The molecule has 1 fully saturated rings. The van der Waals surface area contributed by atoms with E-state index in [1.54, 1.807) is 0 Å². The highest BCUT2D eigenvalue weighted by molar-refractivity contribution is 7.99. The van der Waals surface area contributed by atoms with Crippen LogP contribution in [0.1, 0.15) is 41.0 Å². The minimum absolute atomic E-state index is 0.296. The van der Waals surface area contributed by atoms with E-state index in [-0.39, 0.29) is 11.6 Å². The van der Waals surface area contributed by atoms with Crippen molar-refractivity contribution in [1.29, 1.82) is 0 Å². The second kappa shape index (κ2) is 6.15. The summed E-state index contributed by atoms with van der Waals surface area (Å²) in [7, 11) is 0. The van der Waals surface area contributed by atoms with E-state index in [1.165, 1.54) is 17.9 Å². The molecule has 0 aromatic heterocycles. The molecule has 2 N–H and O–H groups in total. The van der Waals surface area contributed by atoms with Crippen molar-refractivity contribution in [3.8, 4) is 0 Å². The van der Waals surface area contributed by atoms with Gasteiger partial charge in [-0.15, -0.1) is 0 Å². The van der Waals surface area contributed by atoms with Crippen molar-refractivity contribution in [2.75, 3.05) is 18.1 Å². The average Bonchev–Trinajstić information content (AvgIpc) is 2.62. The van der Waals surface area contributed by atoms with Crippen molar-refractivity contribution < 1.29 is 9.53 Å². The molecule has 1 atom stereocenters. The zero-order chi connectivity index (χ0) is 13.8. The number of hydrogen-bond donors (Lipinski definition) is 2. The fourth-order valence-corrected chi connectivity index (χ4v) is 2.91. The van der Waals surface area contributed by atoms with Crippen LogP contribution in [0.5, 0.6) is 0 Å². The molecule has 106 valence electrons. The minimum Gasteiger partial charge on any atom is -0.444 e. The molecule has 0 aliphatic carbocycles. The Morgan fingerprint density at radius 3 is 2.50 bits per heavy atom. The standard InChI is InChI=1S/C13H26N2O2S/c1-12(2,3)17-11(16)15-13(4,5)9-14-10-6-7-18-8-10/h10,14H,6-9H2,1-5H3,(H,15,16). The fourth-order valence-electron chi connectivity index (χ4n) is 1.72. The van der Waals surface area contributed by atoms with Gasteiger partial charge >= 0.3 is 6.09 Å². The third kappa shape index (κ3) is 6.50. The number of carbonyl (C=O) groups excluding carboxylic acids is 1. The lowest BCUT2D eigenvalue weighted by atomic mass is 10.1. The maximum atomic E-state index is 11.7. The van der Waals surface area contributed by atoms with Crippen LogP contribution in [-0.2, 0) is 4.74 Å². The zero-order valence-corrected chi connectivity index (χ0v) is 12.9. The van der Waals surface area contributed by atoms with Crippen molar-refractivity contribution in [2.45, 2.75) is 58.2 Å². The van der Waals surface area contributed by atoms with Crippen LogP contribution in [0.3, 0.4) is 0 Å². The molecule has 4 nitrogen and oxygen atoms in total. The number of amides is 1. The van der Waals surface area contributed by atoms with Gasteiger partial charge in [-0.05, 0) is 46.8 Å². The van der Waals surface area contributed by atoms with Gasteiger partial charge in [0.15, 0.2) is 0 Å². The Labute approximate surface area is 115 Å². The Kier molecular flexibility index (Phi) is 5.34. The first-order chi connectivity index (χ1) is 8.18. The number of ether oxygens (including phenoxy) is 1. The molecular weight excluding hydrogens is 248 g/mol. The molecule has 0 spiro atoms. The fraction of sp³-hybridized carbons (Fsp3) is 0.923. The lowest BCUT2D eigenvalue weighted by Gasteiger charge is -2.30. The normalized spacial score (nSPS) is 20.8. The highest BCUT2D eigenvalue weighted by Crippen LogP contribution is 2.17. The van der Waals surface area contributed by atoms with E-state index in [1.807, 2.05) is 46.4 Å². The Morgan fingerprint density at radius 2 is 2.00 bits per heavy atom. The molecule has 1 rings (SSSR count). The van der Waals surface area contributed by atoms with Gasteiger partial charge in [-0.1, -0.05) is 0 Å². The molecular formula is C13H26N2O2S. The van der Waals surface area contributed by atoms with Crippen LogP contribution in [0.15, 0.2) is 0 Å². The zero-order valence-electron chi connectivity index (χ0n) is 12.1. The highest BCUT2D eigenvalue weighted by Gasteiger charge is 2.26. The summed E-state index contributed by atoms with van der Waals surface area (Å²) in [5.74, 6) is 2.40. The van der Waals surface area contributed by atoms with Crippen LogP contribution in [0.2, 0.25) is 0 Å². The molecule has 0 saturated carbocycles. The smallest absolute Gasteiger partial charge is 0.408 e. The summed E-state index contributed by atoms with van der Waals surface area (Å²) in [6.07, 6.45) is 0.864. The summed E-state index contributed by atoms with van der Waals surface area (Å²) in [5, 5.41) is 6.41. The second-order valence-electron chi connectivity index (χ2n) is 6.45. The number of nitrogens with one attached hydrogen (secondary N) is 2. The van der Waals surface area contributed by atoms with E-state index in [0.29, 0.717) is 6.04 Å². The largest absolute Gasteiger partial charge is 0.444 e. The van der Waals surface area contributed by atoms with Gasteiger partial charge < -0.3 is 15.4 Å². The van der Waals surface area contributed by atoms with E-state index < -0.39 is 5.60 Å². The van der Waals surface area contributed by atoms with Gasteiger partial charge in [0.2, 0.25) is 0 Å². The van der Waals surface area contributed by atoms with Gasteiger partial charge in [0, 0.05) is 18.3 Å². The molecule has 1 amide bonds. The van der Waals surface area contributed by atoms with E-state index in [0.717, 1.165) is 6.54 Å². The molecule has 1 aliphatic rings. The highest BCUT2D eigenvalue weighted by atomic mass is 32.2. The molecule has 0 aromatic carbocycles. The van der Waals surface area contributed by atoms with Gasteiger partial charge in [-0.25, -0.2) is 4.79 Å². The Bertz CT molecular complexity index is 281. The summed E-state index contributed by atoms with van der Waals surface area (Å²) in [6, 6.07) is 0.578. The van der Waals surface area contributed by atoms with Crippen LogP contribution < -0.4 is 10.6 Å². The average molecular weight is 274 g/mol. The molecule has 0 bridgehead atoms. The van der Waals surface area contributed by atoms with E-state index in [4.69, 9.17) is 4.74 Å². The Hall–Kier alpha value is -0.420. The van der Waals surface area contributed by atoms with Crippen molar-refractivity contribution in [3.05, 3.63) is 0 Å². The number of hydrogen-bond acceptors (Lipinski definition) is 4. The predicted molar refractivity (Wildman–Crippen MR) is 77.2 cm³/mol. The first-order valence-electron chi connectivity index (χ1n) is 6.50. The van der Waals surface area contributed by atoms with E-state index >= 15 is 0 Å². The molecule has 0 aromatic rings. The number of rotatable bonds is 4. The molecule has 1 saturated heterocycles. The quantitative estimate of drug-likeness (QED) is 0.826. The van der Waals surface area contributed by atoms with Crippen LogP contribution in [0.4, 0.5) is 4.79 Å². The van der Waals surface area contributed by atoms with Crippen LogP contribution in [-0.4, -0.2) is 41.3 Å². The monoisotopic (exact) mass is 274 g/mol. The van der Waals surface area contributed by atoms with Gasteiger partial charge in [-0.2, -0.15) is 11.8 Å². The third-order valence-corrected chi connectivity index (χ3v) is 3.76. The molecule has 18 heavy (non-hydrogen) atoms. The number of alkyl carbamates (subject to hydrolysis) is 1. The Balaban J connectivity index is 2.31. The summed E-state index contributed by atoms with van der Waals surface area (Å²) in [6.45, 7) is 10.4. The third-order valence-electron chi connectivity index (χ3n) is 2.60. The summed E-state index contributed by atoms with van der Waals surface area (Å²) in [5.41, 5.74) is -0.745. The van der Waals surface area contributed by atoms with E-state index in [2.05, 4.69) is 10.6 Å². The van der Waals surface area contributed by atoms with Crippen molar-refractivity contribution in [1.82, 2.24) is 10.6 Å². The Morgan fingerprint density at radius 1 is 1.33 bits per heavy atom. The van der Waals surface area contributed by atoms with Gasteiger partial charge in [0.1, 0.15) is 5.60 Å². The van der Waals surface area contributed by atoms with Crippen molar-refractivity contribution in [3.63, 3.8) is 0 Å². The lowest BCUT2D eigenvalue weighted by molar-refractivity contribution is 0.0471.